The van der Waals surface area contributed by atoms with Crippen molar-refractivity contribution in [2.75, 3.05) is 0 Å². The highest BCUT2D eigenvalue weighted by Crippen LogP contribution is 2.40. The third-order valence-electron chi connectivity index (χ3n) is 2.41. The van der Waals surface area contributed by atoms with Crippen LogP contribution in [0.1, 0.15) is 6.42 Å². The van der Waals surface area contributed by atoms with Gasteiger partial charge in [0.15, 0.2) is 0 Å². The fraction of sp³-hybridized carbons (Fsp3) is 0.200. The Kier molecular flexibility index (Phi) is 0.634. The first-order chi connectivity index (χ1) is 4.95. The lowest BCUT2D eigenvalue weighted by molar-refractivity contribution is 1.24. The Morgan fingerprint density at radius 3 is 3.00 bits per heavy atom. The van der Waals surface area contributed by atoms with Gasteiger partial charge in [-0.05, 0) is 16.9 Å². The second-order valence-electron chi connectivity index (χ2n) is 3.09. The molecule has 0 amide bonds. The third-order valence-corrected chi connectivity index (χ3v) is 2.41. The predicted octanol–water partition coefficient (Wildman–Crippen LogP) is 0.651. The molecule has 1 unspecified atom stereocenters. The van der Waals surface area contributed by atoms with Crippen molar-refractivity contribution in [3.8, 4) is 0 Å². The van der Waals surface area contributed by atoms with Gasteiger partial charge in [0.1, 0.15) is 0 Å². The largest absolute Gasteiger partial charge is 0.0691 e. The van der Waals surface area contributed by atoms with Crippen molar-refractivity contribution in [2.45, 2.75) is 6.42 Å². The fourth-order valence-corrected chi connectivity index (χ4v) is 1.80. The first-order valence-corrected chi connectivity index (χ1v) is 3.75. The summed E-state index contributed by atoms with van der Waals surface area (Å²) < 4.78 is 0. The van der Waals surface area contributed by atoms with Gasteiger partial charge in [0, 0.05) is 5.92 Å². The zero-order valence-corrected chi connectivity index (χ0v) is 5.67. The molecule has 1 aromatic carbocycles. The highest BCUT2D eigenvalue weighted by atomic mass is 14.3. The number of rotatable bonds is 0. The van der Waals surface area contributed by atoms with Crippen LogP contribution in [0.25, 0.3) is 11.6 Å². The van der Waals surface area contributed by atoms with E-state index in [9.17, 15) is 0 Å². The van der Waals surface area contributed by atoms with Gasteiger partial charge in [-0.25, -0.2) is 0 Å². The van der Waals surface area contributed by atoms with Gasteiger partial charge >= 0.3 is 0 Å². The molecule has 0 N–H and O–H groups in total. The lowest BCUT2D eigenvalue weighted by Gasteiger charge is -1.83. The first-order valence-electron chi connectivity index (χ1n) is 3.75. The number of hydrogen-bond donors (Lipinski definition) is 0. The lowest BCUT2D eigenvalue weighted by Crippen LogP contribution is -2.21. The number of fused-ring (bicyclic) bond motifs is 2. The molecule has 0 bridgehead atoms. The van der Waals surface area contributed by atoms with E-state index < -0.39 is 0 Å². The molecular weight excluding hydrogens is 120 g/mol. The molecule has 1 saturated carbocycles. The average Bonchev–Trinajstić information content (AvgIpc) is 2.64. The highest BCUT2D eigenvalue weighted by Gasteiger charge is 2.30. The molecule has 2 aliphatic carbocycles. The van der Waals surface area contributed by atoms with Gasteiger partial charge in [-0.15, -0.1) is 0 Å². The molecule has 3 rings (SSSR count). The molecule has 0 spiro atoms. The Hall–Kier alpha value is -1.04. The Balaban J connectivity index is 2.63. The lowest BCUT2D eigenvalue weighted by atomic mass is 10.2. The third kappa shape index (κ3) is 0.431. The summed E-state index contributed by atoms with van der Waals surface area (Å²) >= 11 is 0. The first kappa shape index (κ1) is 4.73. The van der Waals surface area contributed by atoms with Crippen molar-refractivity contribution in [1.29, 1.82) is 0 Å². The summed E-state index contributed by atoms with van der Waals surface area (Å²) in [7, 11) is 0. The second kappa shape index (κ2) is 1.34. The van der Waals surface area contributed by atoms with Crippen molar-refractivity contribution >= 4 is 11.6 Å². The van der Waals surface area contributed by atoms with E-state index in [-0.39, 0.29) is 0 Å². The van der Waals surface area contributed by atoms with Crippen LogP contribution in [0.2, 0.25) is 0 Å². The summed E-state index contributed by atoms with van der Waals surface area (Å²) in [4.78, 5) is 0. The molecule has 0 saturated heterocycles. The van der Waals surface area contributed by atoms with Crippen LogP contribution in [-0.4, -0.2) is 0 Å². The van der Waals surface area contributed by atoms with Crippen LogP contribution in [0.15, 0.2) is 24.3 Å². The molecule has 0 radical (unpaired) electrons. The molecule has 1 atom stereocenters. The maximum Gasteiger partial charge on any atom is 0.00332 e. The molecule has 0 heteroatoms. The topological polar surface area (TPSA) is 0 Å². The van der Waals surface area contributed by atoms with Crippen molar-refractivity contribution in [3.05, 3.63) is 34.7 Å². The quantitative estimate of drug-likeness (QED) is 0.481. The maximum absolute atomic E-state index is 2.38. The van der Waals surface area contributed by atoms with Crippen LogP contribution >= 0.6 is 0 Å². The Labute approximate surface area is 59.5 Å². The minimum Gasteiger partial charge on any atom is -0.0691 e. The van der Waals surface area contributed by atoms with Gasteiger partial charge < -0.3 is 0 Å². The molecule has 0 aromatic heterocycles. The second-order valence-corrected chi connectivity index (χ2v) is 3.09. The summed E-state index contributed by atoms with van der Waals surface area (Å²) in [5, 5.41) is 2.96. The van der Waals surface area contributed by atoms with Crippen molar-refractivity contribution < 1.29 is 0 Å². The fourth-order valence-electron chi connectivity index (χ4n) is 1.80. The summed E-state index contributed by atoms with van der Waals surface area (Å²) in [5.74, 6) is 0.831. The van der Waals surface area contributed by atoms with Gasteiger partial charge in [-0.2, -0.15) is 0 Å². The van der Waals surface area contributed by atoms with Crippen LogP contribution in [0.4, 0.5) is 0 Å². The maximum atomic E-state index is 2.38. The molecule has 10 heavy (non-hydrogen) atoms. The molecule has 2 aliphatic rings. The Morgan fingerprint density at radius 1 is 1.20 bits per heavy atom. The van der Waals surface area contributed by atoms with E-state index in [1.807, 2.05) is 0 Å². The number of hydrogen-bond acceptors (Lipinski definition) is 0. The van der Waals surface area contributed by atoms with E-state index in [0.717, 1.165) is 5.92 Å². The van der Waals surface area contributed by atoms with E-state index in [1.165, 1.54) is 16.9 Å². The van der Waals surface area contributed by atoms with E-state index >= 15 is 0 Å². The monoisotopic (exact) mass is 128 g/mol. The SMILES string of the molecule is C1=c2ccccc2=C2CC12. The van der Waals surface area contributed by atoms with Crippen LogP contribution in [0.3, 0.4) is 0 Å². The predicted molar refractivity (Wildman–Crippen MR) is 41.7 cm³/mol. The van der Waals surface area contributed by atoms with Crippen LogP contribution < -0.4 is 10.4 Å². The molecule has 1 fully saturated rings. The summed E-state index contributed by atoms with van der Waals surface area (Å²) in [6, 6.07) is 8.67. The van der Waals surface area contributed by atoms with E-state index in [2.05, 4.69) is 30.3 Å². The van der Waals surface area contributed by atoms with Crippen molar-refractivity contribution in [1.82, 2.24) is 0 Å². The van der Waals surface area contributed by atoms with Gasteiger partial charge in [0.05, 0.1) is 0 Å². The van der Waals surface area contributed by atoms with Gasteiger partial charge in [0.25, 0.3) is 0 Å². The summed E-state index contributed by atoms with van der Waals surface area (Å²) in [6.45, 7) is 0. The minimum absolute atomic E-state index is 0.831. The summed E-state index contributed by atoms with van der Waals surface area (Å²) in [6.07, 6.45) is 3.71. The van der Waals surface area contributed by atoms with Crippen molar-refractivity contribution in [3.63, 3.8) is 0 Å². The molecular formula is C10H8. The van der Waals surface area contributed by atoms with Gasteiger partial charge in [0.2, 0.25) is 0 Å². The molecule has 0 nitrogen and oxygen atoms in total. The van der Waals surface area contributed by atoms with Crippen LogP contribution in [-0.2, 0) is 0 Å². The molecule has 0 aliphatic heterocycles. The van der Waals surface area contributed by atoms with Crippen molar-refractivity contribution in [2.24, 2.45) is 5.92 Å². The molecule has 1 aromatic rings. The van der Waals surface area contributed by atoms with Crippen LogP contribution in [0.5, 0.6) is 0 Å². The Bertz CT molecular complexity index is 398. The Morgan fingerprint density at radius 2 is 2.10 bits per heavy atom. The zero-order chi connectivity index (χ0) is 6.55. The van der Waals surface area contributed by atoms with Gasteiger partial charge in [-0.1, -0.05) is 35.9 Å². The molecule has 0 heterocycles. The van der Waals surface area contributed by atoms with E-state index in [1.54, 1.807) is 5.57 Å². The van der Waals surface area contributed by atoms with E-state index in [0.29, 0.717) is 0 Å². The zero-order valence-electron chi connectivity index (χ0n) is 5.67. The number of benzene rings is 1. The summed E-state index contributed by atoms with van der Waals surface area (Å²) in [5.41, 5.74) is 1.66. The highest BCUT2D eigenvalue weighted by molar-refractivity contribution is 5.75. The van der Waals surface area contributed by atoms with E-state index in [4.69, 9.17) is 0 Å². The minimum atomic E-state index is 0.831. The smallest absolute Gasteiger partial charge is 0.00332 e. The normalized spacial score (nSPS) is 25.2. The van der Waals surface area contributed by atoms with Crippen LogP contribution in [0, 0.1) is 5.92 Å². The van der Waals surface area contributed by atoms with Gasteiger partial charge in [-0.3, -0.25) is 0 Å². The standard InChI is InChI=1S/C10H8/c1-2-4-9-7(3-1)5-8-6-10(8)9/h1-5,8H,6H2. The average molecular weight is 128 g/mol. The molecule has 48 valence electrons.